The molecule has 1 unspecified atom stereocenters. The lowest BCUT2D eigenvalue weighted by Gasteiger charge is -2.21. The van der Waals surface area contributed by atoms with Gasteiger partial charge in [0.25, 0.3) is 0 Å². The molecule has 0 aliphatic rings. The predicted octanol–water partition coefficient (Wildman–Crippen LogP) is 1.39. The Morgan fingerprint density at radius 3 is 1.93 bits per heavy atom. The Morgan fingerprint density at radius 1 is 0.893 bits per heavy atom. The lowest BCUT2D eigenvalue weighted by Crippen LogP contribution is -2.41. The second-order valence-electron chi connectivity index (χ2n) is 8.47. The Labute approximate surface area is 166 Å². The Kier molecular flexibility index (Phi) is 10.7. The number of carboxylic acid groups (broad SMARTS) is 1. The zero-order valence-corrected chi connectivity index (χ0v) is 17.7. The van der Waals surface area contributed by atoms with Crippen molar-refractivity contribution < 1.29 is 33.8 Å². The van der Waals surface area contributed by atoms with Crippen LogP contribution >= 0.6 is 0 Å². The summed E-state index contributed by atoms with van der Waals surface area (Å²) in [5, 5.41) is 14.5. The highest BCUT2D eigenvalue weighted by atomic mass is 16.6. The number of carboxylic acids is 1. The van der Waals surface area contributed by atoms with Crippen molar-refractivity contribution in [3.05, 3.63) is 0 Å². The van der Waals surface area contributed by atoms with Crippen LogP contribution in [0.4, 0.5) is 0 Å². The summed E-state index contributed by atoms with van der Waals surface area (Å²) in [6, 6.07) is -0.884. The van der Waals surface area contributed by atoms with E-state index in [0.717, 1.165) is 0 Å². The van der Waals surface area contributed by atoms with Crippen molar-refractivity contribution >= 4 is 23.8 Å². The van der Waals surface area contributed by atoms with E-state index in [1.807, 2.05) is 0 Å². The molecule has 0 heterocycles. The summed E-state index contributed by atoms with van der Waals surface area (Å²) in [4.78, 5) is 46.1. The number of ether oxygens (including phenoxy) is 2. The predicted molar refractivity (Wildman–Crippen MR) is 103 cm³/mol. The van der Waals surface area contributed by atoms with Gasteiger partial charge < -0.3 is 19.9 Å². The summed E-state index contributed by atoms with van der Waals surface area (Å²) in [6.07, 6.45) is 0.996. The topological polar surface area (TPSA) is 131 Å². The number of amides is 1. The standard InChI is InChI=1S/C19H34N2O7/c1-18(2,3)27-15(23)11-14(22)20-10-8-7-9-13(17(25)26)21-12-16(24)28-19(4,5)6/h13,21H,7-12H2,1-6H3,(H,20,22)(H,25,26). The lowest BCUT2D eigenvalue weighted by atomic mass is 10.1. The number of unbranched alkanes of at least 4 members (excludes halogenated alkanes) is 1. The molecule has 0 saturated heterocycles. The molecular weight excluding hydrogens is 368 g/mol. The van der Waals surface area contributed by atoms with E-state index in [0.29, 0.717) is 25.8 Å². The molecule has 0 aromatic carbocycles. The van der Waals surface area contributed by atoms with Gasteiger partial charge in [-0.3, -0.25) is 24.5 Å². The van der Waals surface area contributed by atoms with Crippen molar-refractivity contribution in [1.82, 2.24) is 10.6 Å². The molecule has 1 amide bonds. The molecule has 0 fully saturated rings. The Bertz CT molecular complexity index is 547. The number of hydrogen-bond donors (Lipinski definition) is 3. The molecule has 0 aliphatic carbocycles. The minimum Gasteiger partial charge on any atom is -0.480 e. The molecule has 1 atom stereocenters. The van der Waals surface area contributed by atoms with Gasteiger partial charge in [0, 0.05) is 6.54 Å². The van der Waals surface area contributed by atoms with Crippen LogP contribution in [0.1, 0.15) is 67.2 Å². The normalized spacial score (nSPS) is 12.8. The number of nitrogens with one attached hydrogen (secondary N) is 2. The third-order valence-electron chi connectivity index (χ3n) is 3.18. The largest absolute Gasteiger partial charge is 0.480 e. The molecule has 3 N–H and O–H groups in total. The van der Waals surface area contributed by atoms with Crippen LogP contribution in [0, 0.1) is 0 Å². The minimum atomic E-state index is -1.06. The second-order valence-corrected chi connectivity index (χ2v) is 8.47. The van der Waals surface area contributed by atoms with Crippen molar-refractivity contribution in [1.29, 1.82) is 0 Å². The zero-order chi connectivity index (χ0) is 22.0. The van der Waals surface area contributed by atoms with Crippen molar-refractivity contribution in [3.8, 4) is 0 Å². The molecule has 0 aromatic heterocycles. The first-order valence-electron chi connectivity index (χ1n) is 9.36. The van der Waals surface area contributed by atoms with Crippen LogP contribution < -0.4 is 10.6 Å². The van der Waals surface area contributed by atoms with Crippen molar-refractivity contribution in [2.24, 2.45) is 0 Å². The van der Waals surface area contributed by atoms with Gasteiger partial charge in [-0.15, -0.1) is 0 Å². The fourth-order valence-electron chi connectivity index (χ4n) is 2.17. The van der Waals surface area contributed by atoms with Crippen LogP contribution in [0.25, 0.3) is 0 Å². The van der Waals surface area contributed by atoms with Crippen LogP contribution in [0.5, 0.6) is 0 Å². The Hall–Kier alpha value is -2.16. The molecule has 0 rings (SSSR count). The fourth-order valence-corrected chi connectivity index (χ4v) is 2.17. The van der Waals surface area contributed by atoms with Crippen LogP contribution in [0.15, 0.2) is 0 Å². The molecule has 0 saturated carbocycles. The van der Waals surface area contributed by atoms with Gasteiger partial charge in [0.15, 0.2) is 0 Å². The van der Waals surface area contributed by atoms with Gasteiger partial charge >= 0.3 is 17.9 Å². The lowest BCUT2D eigenvalue weighted by molar-refractivity contribution is -0.157. The fraction of sp³-hybridized carbons (Fsp3) is 0.789. The van der Waals surface area contributed by atoms with Gasteiger partial charge in [-0.05, 0) is 60.8 Å². The summed E-state index contributed by atoms with van der Waals surface area (Å²) < 4.78 is 10.2. The van der Waals surface area contributed by atoms with Gasteiger partial charge in [-0.1, -0.05) is 0 Å². The summed E-state index contributed by atoms with van der Waals surface area (Å²) >= 11 is 0. The van der Waals surface area contributed by atoms with E-state index in [1.165, 1.54) is 0 Å². The van der Waals surface area contributed by atoms with Crippen molar-refractivity contribution in [3.63, 3.8) is 0 Å². The molecule has 162 valence electrons. The number of esters is 2. The zero-order valence-electron chi connectivity index (χ0n) is 17.7. The summed E-state index contributed by atoms with van der Waals surface area (Å²) in [5.74, 6) is -2.61. The maximum absolute atomic E-state index is 11.7. The van der Waals surface area contributed by atoms with Gasteiger partial charge in [0.1, 0.15) is 23.7 Å². The molecule has 0 aliphatic heterocycles. The Balaban J connectivity index is 4.07. The highest BCUT2D eigenvalue weighted by Gasteiger charge is 2.21. The molecule has 0 bridgehead atoms. The van der Waals surface area contributed by atoms with Crippen LogP contribution in [-0.4, -0.2) is 59.3 Å². The summed E-state index contributed by atoms with van der Waals surface area (Å²) in [5.41, 5.74) is -1.27. The van der Waals surface area contributed by atoms with Gasteiger partial charge in [0.2, 0.25) is 5.91 Å². The minimum absolute atomic E-state index is 0.194. The van der Waals surface area contributed by atoms with Crippen molar-refractivity contribution in [2.75, 3.05) is 13.1 Å². The summed E-state index contributed by atoms with van der Waals surface area (Å²) in [6.45, 7) is 10.5. The molecule has 9 heteroatoms. The summed E-state index contributed by atoms with van der Waals surface area (Å²) in [7, 11) is 0. The Morgan fingerprint density at radius 2 is 1.43 bits per heavy atom. The quantitative estimate of drug-likeness (QED) is 0.268. The highest BCUT2D eigenvalue weighted by Crippen LogP contribution is 2.08. The SMILES string of the molecule is CC(C)(C)OC(=O)CNC(CCCCNC(=O)CC(=O)OC(C)(C)C)C(=O)O. The third-order valence-corrected chi connectivity index (χ3v) is 3.18. The van der Waals surface area contributed by atoms with E-state index in [2.05, 4.69) is 10.6 Å². The van der Waals surface area contributed by atoms with Gasteiger partial charge in [-0.25, -0.2) is 0 Å². The maximum Gasteiger partial charge on any atom is 0.320 e. The van der Waals surface area contributed by atoms with E-state index in [-0.39, 0.29) is 13.0 Å². The van der Waals surface area contributed by atoms with E-state index >= 15 is 0 Å². The average Bonchev–Trinajstić information content (AvgIpc) is 2.45. The van der Waals surface area contributed by atoms with Gasteiger partial charge in [0.05, 0.1) is 6.54 Å². The molecule has 9 nitrogen and oxygen atoms in total. The third kappa shape index (κ3) is 15.0. The smallest absolute Gasteiger partial charge is 0.320 e. The van der Waals surface area contributed by atoms with E-state index in [4.69, 9.17) is 9.47 Å². The molecule has 28 heavy (non-hydrogen) atoms. The van der Waals surface area contributed by atoms with E-state index in [9.17, 15) is 24.3 Å². The maximum atomic E-state index is 11.7. The van der Waals surface area contributed by atoms with Gasteiger partial charge in [-0.2, -0.15) is 0 Å². The average molecular weight is 402 g/mol. The van der Waals surface area contributed by atoms with Crippen LogP contribution in [0.2, 0.25) is 0 Å². The molecule has 0 radical (unpaired) electrons. The van der Waals surface area contributed by atoms with Crippen LogP contribution in [-0.2, 0) is 28.7 Å². The second kappa shape index (κ2) is 11.6. The molecular formula is C19H34N2O7. The first-order chi connectivity index (χ1) is 12.7. The monoisotopic (exact) mass is 402 g/mol. The number of rotatable bonds is 11. The first-order valence-corrected chi connectivity index (χ1v) is 9.36. The number of carbonyl (C=O) groups is 4. The highest BCUT2D eigenvalue weighted by molar-refractivity contribution is 5.94. The first kappa shape index (κ1) is 25.8. The van der Waals surface area contributed by atoms with Crippen molar-refractivity contribution in [2.45, 2.75) is 84.5 Å². The van der Waals surface area contributed by atoms with Crippen LogP contribution in [0.3, 0.4) is 0 Å². The molecule has 0 aromatic rings. The van der Waals surface area contributed by atoms with E-state index in [1.54, 1.807) is 41.5 Å². The number of carbonyl (C=O) groups excluding carboxylic acids is 3. The molecule has 0 spiro atoms. The number of hydrogen-bond acceptors (Lipinski definition) is 7. The van der Waals surface area contributed by atoms with E-state index < -0.39 is 41.1 Å². The number of aliphatic carboxylic acids is 1.